The van der Waals surface area contributed by atoms with Gasteiger partial charge in [0.1, 0.15) is 0 Å². The second kappa shape index (κ2) is 10.2. The predicted octanol–water partition coefficient (Wildman–Crippen LogP) is 4.99. The van der Waals surface area contributed by atoms with E-state index in [-0.39, 0.29) is 10.8 Å². The lowest BCUT2D eigenvalue weighted by molar-refractivity contribution is 0.0955. The van der Waals surface area contributed by atoms with Crippen LogP contribution in [-0.2, 0) is 10.0 Å². The molecule has 7 nitrogen and oxygen atoms in total. The van der Waals surface area contributed by atoms with Gasteiger partial charge in [-0.15, -0.1) is 0 Å². The van der Waals surface area contributed by atoms with Crippen LogP contribution in [0.15, 0.2) is 94.9 Å². The second-order valence-electron chi connectivity index (χ2n) is 8.48. The van der Waals surface area contributed by atoms with E-state index in [1.807, 2.05) is 32.0 Å². The molecule has 0 saturated carbocycles. The summed E-state index contributed by atoms with van der Waals surface area (Å²) in [4.78, 5) is 12.8. The van der Waals surface area contributed by atoms with Gasteiger partial charge in [-0.1, -0.05) is 36.4 Å². The van der Waals surface area contributed by atoms with Crippen molar-refractivity contribution in [2.24, 2.45) is 5.10 Å². The van der Waals surface area contributed by atoms with Crippen molar-refractivity contribution in [1.29, 1.82) is 0 Å². The van der Waals surface area contributed by atoms with Crippen LogP contribution >= 0.6 is 0 Å². The highest BCUT2D eigenvalue weighted by Crippen LogP contribution is 2.23. The van der Waals surface area contributed by atoms with Gasteiger partial charge >= 0.3 is 0 Å². The summed E-state index contributed by atoms with van der Waals surface area (Å²) in [7, 11) is -2.21. The average molecular weight is 501 g/mol. The number of para-hydroxylation sites is 1. The molecule has 0 saturated heterocycles. The molecule has 184 valence electrons. The monoisotopic (exact) mass is 500 g/mol. The van der Waals surface area contributed by atoms with E-state index in [1.165, 1.54) is 16.9 Å². The number of aromatic nitrogens is 1. The Morgan fingerprint density at radius 2 is 1.56 bits per heavy atom. The zero-order valence-corrected chi connectivity index (χ0v) is 21.5. The third-order valence-electron chi connectivity index (χ3n) is 6.09. The molecule has 0 radical (unpaired) electrons. The number of sulfonamides is 1. The van der Waals surface area contributed by atoms with E-state index in [0.717, 1.165) is 22.6 Å². The number of hydrazone groups is 1. The molecule has 4 aromatic rings. The van der Waals surface area contributed by atoms with Gasteiger partial charge in [0.15, 0.2) is 0 Å². The molecule has 1 aromatic heterocycles. The van der Waals surface area contributed by atoms with Gasteiger partial charge in [-0.25, -0.2) is 13.8 Å². The molecule has 36 heavy (non-hydrogen) atoms. The Morgan fingerprint density at radius 1 is 0.917 bits per heavy atom. The minimum atomic E-state index is -3.69. The summed E-state index contributed by atoms with van der Waals surface area (Å²) in [5.41, 5.74) is 8.63. The van der Waals surface area contributed by atoms with Gasteiger partial charge in [0.25, 0.3) is 15.9 Å². The standard InChI is InChI=1S/C28H28N4O3S/c1-20-10-8-9-13-27(20)32-21(2)18-24(22(32)3)19-29-30-28(33)23-14-16-25(17-15-23)31(4)36(34,35)26-11-6-5-7-12-26/h5-19H,1-4H3,(H,30,33)/b29-19-. The predicted molar refractivity (Wildman–Crippen MR) is 144 cm³/mol. The second-order valence-corrected chi connectivity index (χ2v) is 10.4. The number of nitrogens with one attached hydrogen (secondary N) is 1. The Hall–Kier alpha value is -4.17. The molecule has 0 fully saturated rings. The van der Waals surface area contributed by atoms with Crippen molar-refractivity contribution >= 4 is 27.8 Å². The molecular weight excluding hydrogens is 472 g/mol. The van der Waals surface area contributed by atoms with Crippen LogP contribution in [0.25, 0.3) is 5.69 Å². The van der Waals surface area contributed by atoms with Crippen molar-refractivity contribution in [2.75, 3.05) is 11.4 Å². The number of nitrogens with zero attached hydrogens (tertiary/aromatic N) is 3. The molecule has 0 aliphatic heterocycles. The normalized spacial score (nSPS) is 11.6. The lowest BCUT2D eigenvalue weighted by Crippen LogP contribution is -2.26. The highest BCUT2D eigenvalue weighted by Gasteiger charge is 2.21. The summed E-state index contributed by atoms with van der Waals surface area (Å²) in [6, 6.07) is 24.7. The quantitative estimate of drug-likeness (QED) is 0.287. The van der Waals surface area contributed by atoms with Crippen molar-refractivity contribution in [3.63, 3.8) is 0 Å². The molecule has 8 heteroatoms. The number of rotatable bonds is 7. The number of anilines is 1. The first kappa shape index (κ1) is 24.9. The van der Waals surface area contributed by atoms with E-state index in [0.29, 0.717) is 11.3 Å². The van der Waals surface area contributed by atoms with Crippen LogP contribution in [0.1, 0.15) is 32.9 Å². The van der Waals surface area contributed by atoms with Crippen LogP contribution in [-0.4, -0.2) is 32.2 Å². The maximum absolute atomic E-state index is 12.8. The number of amides is 1. The van der Waals surface area contributed by atoms with Gasteiger partial charge in [0.2, 0.25) is 0 Å². The Labute approximate surface area is 211 Å². The molecule has 1 N–H and O–H groups in total. The van der Waals surface area contributed by atoms with Gasteiger partial charge in [-0.05, 0) is 74.9 Å². The van der Waals surface area contributed by atoms with E-state index in [9.17, 15) is 13.2 Å². The molecule has 1 amide bonds. The summed E-state index contributed by atoms with van der Waals surface area (Å²) in [5.74, 6) is -0.390. The van der Waals surface area contributed by atoms with E-state index in [4.69, 9.17) is 0 Å². The zero-order chi connectivity index (χ0) is 25.9. The largest absolute Gasteiger partial charge is 0.318 e. The fraction of sp³-hybridized carbons (Fsp3) is 0.143. The van der Waals surface area contributed by atoms with Gasteiger partial charge in [0.05, 0.1) is 16.8 Å². The summed E-state index contributed by atoms with van der Waals surface area (Å²) >= 11 is 0. The Morgan fingerprint density at radius 3 is 2.22 bits per heavy atom. The van der Waals surface area contributed by atoms with Gasteiger partial charge in [-0.2, -0.15) is 5.10 Å². The molecule has 0 spiro atoms. The summed E-state index contributed by atoms with van der Waals surface area (Å²) < 4.78 is 29.0. The first-order chi connectivity index (χ1) is 17.2. The van der Waals surface area contributed by atoms with Crippen molar-refractivity contribution < 1.29 is 13.2 Å². The molecule has 4 rings (SSSR count). The minimum Gasteiger partial charge on any atom is -0.318 e. The third kappa shape index (κ3) is 4.94. The smallest absolute Gasteiger partial charge is 0.271 e. The van der Waals surface area contributed by atoms with Crippen LogP contribution in [0.4, 0.5) is 5.69 Å². The summed E-state index contributed by atoms with van der Waals surface area (Å²) in [6.45, 7) is 6.12. The Kier molecular flexibility index (Phi) is 7.07. The highest BCUT2D eigenvalue weighted by molar-refractivity contribution is 7.92. The van der Waals surface area contributed by atoms with Crippen molar-refractivity contribution in [2.45, 2.75) is 25.7 Å². The van der Waals surface area contributed by atoms with Crippen LogP contribution in [0.2, 0.25) is 0 Å². The molecule has 0 unspecified atom stereocenters. The Balaban J connectivity index is 1.45. The van der Waals surface area contributed by atoms with Gasteiger partial charge in [0, 0.05) is 35.2 Å². The molecule has 0 atom stereocenters. The summed E-state index contributed by atoms with van der Waals surface area (Å²) in [6.07, 6.45) is 1.63. The fourth-order valence-electron chi connectivity index (χ4n) is 4.04. The number of carbonyl (C=O) groups is 1. The fourth-order valence-corrected chi connectivity index (χ4v) is 5.26. The van der Waals surface area contributed by atoms with Gasteiger partial charge < -0.3 is 4.57 Å². The SMILES string of the molecule is Cc1ccccc1-n1c(C)cc(/C=N\NC(=O)c2ccc(N(C)S(=O)(=O)c3ccccc3)cc2)c1C. The maximum Gasteiger partial charge on any atom is 0.271 e. The number of aryl methyl sites for hydroxylation is 2. The van der Waals surface area contributed by atoms with Crippen molar-refractivity contribution in [1.82, 2.24) is 9.99 Å². The maximum atomic E-state index is 12.8. The van der Waals surface area contributed by atoms with Crippen molar-refractivity contribution in [3.05, 3.63) is 113 Å². The number of benzene rings is 3. The Bertz CT molecular complexity index is 1520. The van der Waals surface area contributed by atoms with Crippen LogP contribution in [0.3, 0.4) is 0 Å². The van der Waals surface area contributed by atoms with E-state index in [1.54, 1.807) is 60.8 Å². The number of hydrogen-bond acceptors (Lipinski definition) is 4. The number of hydrogen-bond donors (Lipinski definition) is 1. The third-order valence-corrected chi connectivity index (χ3v) is 7.89. The minimum absolute atomic E-state index is 0.199. The first-order valence-corrected chi connectivity index (χ1v) is 12.9. The van der Waals surface area contributed by atoms with E-state index in [2.05, 4.69) is 34.2 Å². The lowest BCUT2D eigenvalue weighted by atomic mass is 10.2. The van der Waals surface area contributed by atoms with E-state index >= 15 is 0 Å². The van der Waals surface area contributed by atoms with E-state index < -0.39 is 10.0 Å². The van der Waals surface area contributed by atoms with Crippen molar-refractivity contribution in [3.8, 4) is 5.69 Å². The highest BCUT2D eigenvalue weighted by atomic mass is 32.2. The summed E-state index contributed by atoms with van der Waals surface area (Å²) in [5, 5.41) is 4.14. The number of carbonyl (C=O) groups excluding carboxylic acids is 1. The molecular formula is C28H28N4O3S. The molecule has 1 heterocycles. The molecule has 0 aliphatic carbocycles. The lowest BCUT2D eigenvalue weighted by Gasteiger charge is -2.19. The van der Waals surface area contributed by atoms with Crippen LogP contribution in [0, 0.1) is 20.8 Å². The molecule has 0 aliphatic rings. The topological polar surface area (TPSA) is 83.8 Å². The molecule has 3 aromatic carbocycles. The van der Waals surface area contributed by atoms with Crippen LogP contribution < -0.4 is 9.73 Å². The first-order valence-electron chi connectivity index (χ1n) is 11.4. The zero-order valence-electron chi connectivity index (χ0n) is 20.6. The van der Waals surface area contributed by atoms with Gasteiger partial charge in [-0.3, -0.25) is 9.10 Å². The van der Waals surface area contributed by atoms with Crippen LogP contribution in [0.5, 0.6) is 0 Å². The molecule has 0 bridgehead atoms. The average Bonchev–Trinajstić information content (AvgIpc) is 3.17.